The van der Waals surface area contributed by atoms with Crippen molar-refractivity contribution in [3.8, 4) is 0 Å². The number of nitrogens with one attached hydrogen (secondary N) is 1. The van der Waals surface area contributed by atoms with E-state index in [2.05, 4.69) is 19.2 Å². The van der Waals surface area contributed by atoms with Crippen molar-refractivity contribution < 1.29 is 22.7 Å². The topological polar surface area (TPSA) is 96.0 Å². The Morgan fingerprint density at radius 1 is 1.22 bits per heavy atom. The third-order valence-corrected chi connectivity index (χ3v) is 9.78. The van der Waals surface area contributed by atoms with E-state index < -0.39 is 10.0 Å². The third-order valence-electron chi connectivity index (χ3n) is 6.84. The number of thioether (sulfide) groups is 1. The van der Waals surface area contributed by atoms with E-state index in [1.165, 1.54) is 33.5 Å². The largest absolute Gasteiger partial charge is 0.379 e. The molecule has 4 rings (SSSR count). The molecular weight excluding hydrogens is 450 g/mol. The molecule has 0 radical (unpaired) electrons. The van der Waals surface area contributed by atoms with Gasteiger partial charge < -0.3 is 15.0 Å². The molecule has 2 heterocycles. The first-order valence-corrected chi connectivity index (χ1v) is 13.6. The molecule has 2 fully saturated rings. The van der Waals surface area contributed by atoms with Crippen LogP contribution in [0.4, 0.5) is 5.69 Å². The van der Waals surface area contributed by atoms with Gasteiger partial charge in [0, 0.05) is 24.0 Å². The predicted octanol–water partition coefficient (Wildman–Crippen LogP) is 2.09. The molecular formula is C22H31N3O5S2. The van der Waals surface area contributed by atoms with Crippen molar-refractivity contribution in [2.45, 2.75) is 48.9 Å². The van der Waals surface area contributed by atoms with E-state index in [9.17, 15) is 18.0 Å². The molecule has 2 aliphatic heterocycles. The molecule has 3 atom stereocenters. The van der Waals surface area contributed by atoms with Crippen LogP contribution < -0.4 is 10.2 Å². The quantitative estimate of drug-likeness (QED) is 0.692. The van der Waals surface area contributed by atoms with Gasteiger partial charge in [-0.05, 0) is 36.5 Å². The molecule has 0 unspecified atom stereocenters. The number of ether oxygens (including phenoxy) is 1. The van der Waals surface area contributed by atoms with Gasteiger partial charge in [0.2, 0.25) is 21.8 Å². The minimum atomic E-state index is -3.70. The van der Waals surface area contributed by atoms with Crippen LogP contribution in [-0.4, -0.2) is 69.2 Å². The number of carbonyl (C=O) groups excluding carboxylic acids is 2. The monoisotopic (exact) mass is 481 g/mol. The Bertz CT molecular complexity index is 978. The summed E-state index contributed by atoms with van der Waals surface area (Å²) in [5.41, 5.74) is 0.487. The molecule has 1 saturated heterocycles. The highest BCUT2D eigenvalue weighted by Gasteiger charge is 2.33. The van der Waals surface area contributed by atoms with Crippen LogP contribution in [0.3, 0.4) is 0 Å². The van der Waals surface area contributed by atoms with E-state index in [4.69, 9.17) is 4.74 Å². The summed E-state index contributed by atoms with van der Waals surface area (Å²) in [6.45, 7) is 5.60. The van der Waals surface area contributed by atoms with E-state index in [0.717, 1.165) is 17.7 Å². The number of fused-ring (bicyclic) bond motifs is 1. The molecule has 10 heteroatoms. The van der Waals surface area contributed by atoms with Crippen LogP contribution in [0.5, 0.6) is 0 Å². The van der Waals surface area contributed by atoms with Crippen molar-refractivity contribution in [2.24, 2.45) is 11.8 Å². The minimum absolute atomic E-state index is 0.105. The summed E-state index contributed by atoms with van der Waals surface area (Å²) >= 11 is 1.37. The van der Waals surface area contributed by atoms with Gasteiger partial charge >= 0.3 is 0 Å². The zero-order valence-electron chi connectivity index (χ0n) is 18.6. The number of anilines is 1. The number of benzene rings is 1. The molecule has 32 heavy (non-hydrogen) atoms. The molecule has 1 N–H and O–H groups in total. The van der Waals surface area contributed by atoms with Gasteiger partial charge in [-0.2, -0.15) is 4.31 Å². The van der Waals surface area contributed by atoms with Crippen molar-refractivity contribution in [3.63, 3.8) is 0 Å². The van der Waals surface area contributed by atoms with Crippen LogP contribution in [0.1, 0.15) is 33.1 Å². The van der Waals surface area contributed by atoms with Gasteiger partial charge in [-0.3, -0.25) is 9.59 Å². The summed E-state index contributed by atoms with van der Waals surface area (Å²) in [6, 6.07) is 4.95. The average Bonchev–Trinajstić information content (AvgIpc) is 2.79. The number of hydrogen-bond donors (Lipinski definition) is 1. The average molecular weight is 482 g/mol. The number of rotatable bonds is 5. The molecule has 0 aromatic heterocycles. The maximum absolute atomic E-state index is 13.1. The molecule has 0 bridgehead atoms. The Morgan fingerprint density at radius 2 is 1.97 bits per heavy atom. The van der Waals surface area contributed by atoms with E-state index in [1.54, 1.807) is 12.1 Å². The van der Waals surface area contributed by atoms with Crippen LogP contribution in [0, 0.1) is 11.8 Å². The maximum atomic E-state index is 13.1. The second-order valence-electron chi connectivity index (χ2n) is 8.86. The Morgan fingerprint density at radius 3 is 2.72 bits per heavy atom. The minimum Gasteiger partial charge on any atom is -0.379 e. The van der Waals surface area contributed by atoms with Crippen LogP contribution >= 0.6 is 11.8 Å². The molecule has 1 saturated carbocycles. The molecule has 1 aromatic carbocycles. The van der Waals surface area contributed by atoms with Crippen LogP contribution in [0.25, 0.3) is 0 Å². The number of morpholine rings is 1. The number of sulfonamides is 1. The second kappa shape index (κ2) is 9.70. The Hall–Kier alpha value is -1.62. The van der Waals surface area contributed by atoms with E-state index in [1.807, 2.05) is 0 Å². The lowest BCUT2D eigenvalue weighted by atomic mass is 9.78. The molecule has 0 spiro atoms. The van der Waals surface area contributed by atoms with Crippen LogP contribution in [0.15, 0.2) is 28.0 Å². The number of hydrogen-bond acceptors (Lipinski definition) is 6. The van der Waals surface area contributed by atoms with E-state index >= 15 is 0 Å². The first-order valence-electron chi connectivity index (χ1n) is 11.2. The highest BCUT2D eigenvalue weighted by molar-refractivity contribution is 8.00. The van der Waals surface area contributed by atoms with Crippen LogP contribution in [0.2, 0.25) is 0 Å². The Labute approximate surface area is 194 Å². The maximum Gasteiger partial charge on any atom is 0.243 e. The van der Waals surface area contributed by atoms with Crippen LogP contribution in [-0.2, 0) is 24.3 Å². The van der Waals surface area contributed by atoms with E-state index in [-0.39, 0.29) is 35.0 Å². The molecule has 2 amide bonds. The lowest BCUT2D eigenvalue weighted by Crippen LogP contribution is -2.49. The lowest BCUT2D eigenvalue weighted by Gasteiger charge is -2.35. The normalized spacial score (nSPS) is 27.1. The standard InChI is InChI=1S/C22H31N3O5S2/c1-15-4-3-5-18(16(15)2)23-21(26)13-25-19-12-17(6-7-20(19)31-14-22(25)27)32(28,29)24-8-10-30-11-9-24/h6-7,12,15-16,18H,3-5,8-11,13-14H2,1-2H3,(H,23,26)/t15-,16+,18+/m1/s1. The molecule has 1 aromatic rings. The summed E-state index contributed by atoms with van der Waals surface area (Å²) in [6.07, 6.45) is 3.20. The summed E-state index contributed by atoms with van der Waals surface area (Å²) in [7, 11) is -3.70. The van der Waals surface area contributed by atoms with Gasteiger partial charge in [-0.25, -0.2) is 8.42 Å². The van der Waals surface area contributed by atoms with Gasteiger partial charge in [-0.15, -0.1) is 11.8 Å². The second-order valence-corrected chi connectivity index (χ2v) is 11.8. The molecule has 3 aliphatic rings. The highest BCUT2D eigenvalue weighted by Crippen LogP contribution is 2.37. The lowest BCUT2D eigenvalue weighted by molar-refractivity contribution is -0.124. The third kappa shape index (κ3) is 4.83. The van der Waals surface area contributed by atoms with Crippen molar-refractivity contribution in [3.05, 3.63) is 18.2 Å². The van der Waals surface area contributed by atoms with Crippen molar-refractivity contribution in [1.29, 1.82) is 0 Å². The number of nitrogens with zero attached hydrogens (tertiary/aromatic N) is 2. The van der Waals surface area contributed by atoms with Crippen molar-refractivity contribution >= 4 is 39.3 Å². The first kappa shape index (κ1) is 23.5. The summed E-state index contributed by atoms with van der Waals surface area (Å²) < 4.78 is 32.9. The molecule has 8 nitrogen and oxygen atoms in total. The first-order chi connectivity index (χ1) is 15.3. The number of carbonyl (C=O) groups is 2. The van der Waals surface area contributed by atoms with Crippen molar-refractivity contribution in [1.82, 2.24) is 9.62 Å². The van der Waals surface area contributed by atoms with Gasteiger partial charge in [0.1, 0.15) is 6.54 Å². The predicted molar refractivity (Wildman–Crippen MR) is 123 cm³/mol. The van der Waals surface area contributed by atoms with Gasteiger partial charge in [0.15, 0.2) is 0 Å². The summed E-state index contributed by atoms with van der Waals surface area (Å²) in [4.78, 5) is 27.9. The van der Waals surface area contributed by atoms with Gasteiger partial charge in [-0.1, -0.05) is 26.7 Å². The highest BCUT2D eigenvalue weighted by atomic mass is 32.2. The fourth-order valence-corrected chi connectivity index (χ4v) is 6.98. The fourth-order valence-electron chi connectivity index (χ4n) is 4.63. The smallest absolute Gasteiger partial charge is 0.243 e. The number of amides is 2. The zero-order valence-corrected chi connectivity index (χ0v) is 20.2. The SMILES string of the molecule is C[C@H]1[C@H](C)CCC[C@@H]1NC(=O)CN1C(=O)CSc2ccc(S(=O)(=O)N3CCOCC3)cc21. The molecule has 176 valence electrons. The van der Waals surface area contributed by atoms with E-state index in [0.29, 0.717) is 43.8 Å². The van der Waals surface area contributed by atoms with Crippen molar-refractivity contribution in [2.75, 3.05) is 43.5 Å². The zero-order chi connectivity index (χ0) is 22.9. The summed E-state index contributed by atoms with van der Waals surface area (Å²) in [5.74, 6) is 0.771. The van der Waals surface area contributed by atoms with Gasteiger partial charge in [0.25, 0.3) is 0 Å². The Kier molecular flexibility index (Phi) is 7.14. The fraction of sp³-hybridized carbons (Fsp3) is 0.636. The molecule has 1 aliphatic carbocycles. The Balaban J connectivity index is 1.54. The summed E-state index contributed by atoms with van der Waals surface area (Å²) in [5, 5.41) is 3.11. The van der Waals surface area contributed by atoms with Gasteiger partial charge in [0.05, 0.1) is 29.5 Å².